The van der Waals surface area contributed by atoms with E-state index in [0.717, 1.165) is 32.2 Å². The molecular weight excluding hydrogens is 264 g/mol. The van der Waals surface area contributed by atoms with Gasteiger partial charge in [-0.05, 0) is 39.0 Å². The minimum Gasteiger partial charge on any atom is -0.340 e. The van der Waals surface area contributed by atoms with Crippen molar-refractivity contribution in [2.24, 2.45) is 5.92 Å². The van der Waals surface area contributed by atoms with E-state index in [1.54, 1.807) is 0 Å². The number of carbonyl (C=O) groups excluding carboxylic acids is 1. The quantitative estimate of drug-likeness (QED) is 0.763. The third kappa shape index (κ3) is 3.48. The standard InChI is InChI=1S/C13H24N2O3S/c1-11-6-3-4-9-15(11)13(16)12-7-5-8-14(10-12)19(2,17)18/h11-12H,3-10H2,1-2H3/t11-,12+/m0/s1. The van der Waals surface area contributed by atoms with Gasteiger partial charge in [0.15, 0.2) is 0 Å². The molecule has 0 radical (unpaired) electrons. The lowest BCUT2D eigenvalue weighted by atomic mass is 9.95. The van der Waals surface area contributed by atoms with Crippen LogP contribution in [0.25, 0.3) is 0 Å². The van der Waals surface area contributed by atoms with Gasteiger partial charge in [0.1, 0.15) is 0 Å². The molecule has 2 aliphatic rings. The van der Waals surface area contributed by atoms with Crippen LogP contribution in [0.1, 0.15) is 39.0 Å². The topological polar surface area (TPSA) is 57.7 Å². The van der Waals surface area contributed by atoms with Gasteiger partial charge in [0, 0.05) is 25.7 Å². The first kappa shape index (κ1) is 14.8. The first-order valence-electron chi connectivity index (χ1n) is 7.15. The molecule has 0 unspecified atom stereocenters. The predicted octanol–water partition coefficient (Wildman–Crippen LogP) is 1.06. The molecule has 2 heterocycles. The number of hydrogen-bond acceptors (Lipinski definition) is 3. The van der Waals surface area contributed by atoms with Gasteiger partial charge < -0.3 is 4.90 Å². The highest BCUT2D eigenvalue weighted by atomic mass is 32.2. The molecule has 0 N–H and O–H groups in total. The Kier molecular flexibility index (Phi) is 4.50. The lowest BCUT2D eigenvalue weighted by Crippen LogP contribution is -2.50. The van der Waals surface area contributed by atoms with Crippen LogP contribution in [-0.4, -0.2) is 55.5 Å². The van der Waals surface area contributed by atoms with E-state index in [0.29, 0.717) is 19.1 Å². The van der Waals surface area contributed by atoms with Crippen molar-refractivity contribution in [2.45, 2.75) is 45.1 Å². The second kappa shape index (κ2) is 5.79. The first-order chi connectivity index (χ1) is 8.89. The van der Waals surface area contributed by atoms with Gasteiger partial charge in [0.25, 0.3) is 0 Å². The summed E-state index contributed by atoms with van der Waals surface area (Å²) in [4.78, 5) is 14.5. The second-order valence-electron chi connectivity index (χ2n) is 5.84. The number of rotatable bonds is 2. The molecular formula is C13H24N2O3S. The molecule has 0 aromatic rings. The summed E-state index contributed by atoms with van der Waals surface area (Å²) in [5.74, 6) is 0.00424. The number of sulfonamides is 1. The van der Waals surface area contributed by atoms with Crippen LogP contribution in [0.4, 0.5) is 0 Å². The normalized spacial score (nSPS) is 30.3. The van der Waals surface area contributed by atoms with Gasteiger partial charge in [-0.15, -0.1) is 0 Å². The molecule has 2 fully saturated rings. The summed E-state index contributed by atoms with van der Waals surface area (Å²) in [5, 5.41) is 0. The van der Waals surface area contributed by atoms with E-state index in [9.17, 15) is 13.2 Å². The molecule has 1 amide bonds. The molecule has 0 saturated carbocycles. The average Bonchev–Trinajstić information content (AvgIpc) is 2.38. The zero-order valence-corrected chi connectivity index (χ0v) is 12.7. The summed E-state index contributed by atoms with van der Waals surface area (Å²) in [6, 6.07) is 0.301. The zero-order chi connectivity index (χ0) is 14.0. The minimum atomic E-state index is -3.17. The Bertz CT molecular complexity index is 435. The maximum Gasteiger partial charge on any atom is 0.227 e. The highest BCUT2D eigenvalue weighted by molar-refractivity contribution is 7.88. The zero-order valence-electron chi connectivity index (χ0n) is 11.8. The summed E-state index contributed by atoms with van der Waals surface area (Å²) < 4.78 is 24.6. The van der Waals surface area contributed by atoms with E-state index >= 15 is 0 Å². The molecule has 2 saturated heterocycles. The second-order valence-corrected chi connectivity index (χ2v) is 7.82. The van der Waals surface area contributed by atoms with Crippen LogP contribution in [-0.2, 0) is 14.8 Å². The fourth-order valence-corrected chi connectivity index (χ4v) is 4.02. The van der Waals surface area contributed by atoms with E-state index in [2.05, 4.69) is 6.92 Å². The number of likely N-dealkylation sites (tertiary alicyclic amines) is 1. The van der Waals surface area contributed by atoms with Crippen LogP contribution >= 0.6 is 0 Å². The molecule has 2 atom stereocenters. The van der Waals surface area contributed by atoms with E-state index in [-0.39, 0.29) is 11.8 Å². The number of piperidine rings is 2. The van der Waals surface area contributed by atoms with Gasteiger partial charge in [-0.3, -0.25) is 4.79 Å². The molecule has 0 aromatic carbocycles. The van der Waals surface area contributed by atoms with E-state index < -0.39 is 10.0 Å². The van der Waals surface area contributed by atoms with Crippen LogP contribution in [0.2, 0.25) is 0 Å². The molecule has 0 aromatic heterocycles. The van der Waals surface area contributed by atoms with Gasteiger partial charge in [0.05, 0.1) is 12.2 Å². The summed E-state index contributed by atoms with van der Waals surface area (Å²) in [7, 11) is -3.17. The molecule has 2 rings (SSSR count). The fourth-order valence-electron chi connectivity index (χ4n) is 3.11. The lowest BCUT2D eigenvalue weighted by Gasteiger charge is -2.38. The Morgan fingerprint density at radius 2 is 1.84 bits per heavy atom. The van der Waals surface area contributed by atoms with Crippen molar-refractivity contribution in [3.63, 3.8) is 0 Å². The van der Waals surface area contributed by atoms with Gasteiger partial charge in [0.2, 0.25) is 15.9 Å². The minimum absolute atomic E-state index is 0.149. The summed E-state index contributed by atoms with van der Waals surface area (Å²) in [6.45, 7) is 3.84. The summed E-state index contributed by atoms with van der Waals surface area (Å²) >= 11 is 0. The van der Waals surface area contributed by atoms with Crippen molar-refractivity contribution < 1.29 is 13.2 Å². The molecule has 0 aliphatic carbocycles. The summed E-state index contributed by atoms with van der Waals surface area (Å²) in [5.41, 5.74) is 0. The molecule has 110 valence electrons. The van der Waals surface area contributed by atoms with E-state index in [1.807, 2.05) is 4.90 Å². The maximum atomic E-state index is 12.5. The monoisotopic (exact) mass is 288 g/mol. The number of carbonyl (C=O) groups is 1. The van der Waals surface area contributed by atoms with Crippen LogP contribution in [0, 0.1) is 5.92 Å². The highest BCUT2D eigenvalue weighted by Crippen LogP contribution is 2.24. The number of hydrogen-bond donors (Lipinski definition) is 0. The third-order valence-corrected chi connectivity index (χ3v) is 5.56. The smallest absolute Gasteiger partial charge is 0.227 e. The van der Waals surface area contributed by atoms with Gasteiger partial charge in [-0.25, -0.2) is 12.7 Å². The summed E-state index contributed by atoms with van der Waals surface area (Å²) in [6.07, 6.45) is 6.14. The molecule has 2 aliphatic heterocycles. The molecule has 5 nitrogen and oxygen atoms in total. The fraction of sp³-hybridized carbons (Fsp3) is 0.923. The van der Waals surface area contributed by atoms with Crippen LogP contribution in [0.3, 0.4) is 0 Å². The van der Waals surface area contributed by atoms with Crippen LogP contribution < -0.4 is 0 Å². The van der Waals surface area contributed by atoms with E-state index in [4.69, 9.17) is 0 Å². The molecule has 0 spiro atoms. The van der Waals surface area contributed by atoms with Crippen molar-refractivity contribution in [1.82, 2.24) is 9.21 Å². The number of nitrogens with zero attached hydrogens (tertiary/aromatic N) is 2. The van der Waals surface area contributed by atoms with Crippen LogP contribution in [0.5, 0.6) is 0 Å². The average molecular weight is 288 g/mol. The van der Waals surface area contributed by atoms with Gasteiger partial charge in [-0.1, -0.05) is 0 Å². The van der Waals surface area contributed by atoms with Crippen molar-refractivity contribution >= 4 is 15.9 Å². The van der Waals surface area contributed by atoms with Crippen LogP contribution in [0.15, 0.2) is 0 Å². The van der Waals surface area contributed by atoms with Crippen molar-refractivity contribution in [3.05, 3.63) is 0 Å². The Morgan fingerprint density at radius 1 is 1.11 bits per heavy atom. The Hall–Kier alpha value is -0.620. The SMILES string of the molecule is C[C@H]1CCCCN1C(=O)[C@@H]1CCCN(S(C)(=O)=O)C1. The number of amides is 1. The van der Waals surface area contributed by atoms with Crippen molar-refractivity contribution in [1.29, 1.82) is 0 Å². The first-order valence-corrected chi connectivity index (χ1v) is 9.00. The third-order valence-electron chi connectivity index (χ3n) is 4.29. The van der Waals surface area contributed by atoms with Gasteiger partial charge >= 0.3 is 0 Å². The Balaban J connectivity index is 2.02. The highest BCUT2D eigenvalue weighted by Gasteiger charge is 2.34. The van der Waals surface area contributed by atoms with E-state index in [1.165, 1.54) is 17.0 Å². The Labute approximate surface area is 116 Å². The van der Waals surface area contributed by atoms with Gasteiger partial charge in [-0.2, -0.15) is 0 Å². The predicted molar refractivity (Wildman–Crippen MR) is 74.2 cm³/mol. The molecule has 6 heteroatoms. The Morgan fingerprint density at radius 3 is 2.47 bits per heavy atom. The van der Waals surface area contributed by atoms with Crippen molar-refractivity contribution in [2.75, 3.05) is 25.9 Å². The largest absolute Gasteiger partial charge is 0.340 e. The molecule has 0 bridgehead atoms. The molecule has 19 heavy (non-hydrogen) atoms. The lowest BCUT2D eigenvalue weighted by molar-refractivity contribution is -0.140. The maximum absolute atomic E-state index is 12.5. The van der Waals surface area contributed by atoms with Crippen molar-refractivity contribution in [3.8, 4) is 0 Å².